The van der Waals surface area contributed by atoms with Gasteiger partial charge in [-0.3, -0.25) is 9.59 Å². The lowest BCUT2D eigenvalue weighted by atomic mass is 10.1. The molecule has 2 amide bonds. The molecular formula is C22H22N2O4. The highest BCUT2D eigenvalue weighted by atomic mass is 16.5. The molecule has 1 saturated heterocycles. The second-order valence-electron chi connectivity index (χ2n) is 7.04. The number of hydrogen-bond acceptors (Lipinski definition) is 4. The molecule has 28 heavy (non-hydrogen) atoms. The number of hydrogen-bond donors (Lipinski definition) is 1. The highest BCUT2D eigenvalue weighted by molar-refractivity contribution is 6.14. The molecule has 2 heterocycles. The molecule has 0 saturated carbocycles. The van der Waals surface area contributed by atoms with Crippen LogP contribution in [0.25, 0.3) is 11.0 Å². The fourth-order valence-electron chi connectivity index (χ4n) is 3.52. The molecule has 144 valence electrons. The molecule has 6 nitrogen and oxygen atoms in total. The fourth-order valence-corrected chi connectivity index (χ4v) is 3.52. The monoisotopic (exact) mass is 378 g/mol. The number of aryl methyl sites for hydroxylation is 2. The number of para-hydroxylation sites is 1. The van der Waals surface area contributed by atoms with E-state index in [-0.39, 0.29) is 17.6 Å². The number of carbonyl (C=O) groups excluding carboxylic acids is 2. The Kier molecular flexibility index (Phi) is 4.88. The van der Waals surface area contributed by atoms with E-state index in [2.05, 4.69) is 5.32 Å². The zero-order valence-electron chi connectivity index (χ0n) is 16.0. The number of benzene rings is 2. The van der Waals surface area contributed by atoms with E-state index in [1.165, 1.54) is 0 Å². The van der Waals surface area contributed by atoms with Gasteiger partial charge in [0, 0.05) is 24.0 Å². The molecule has 1 aromatic heterocycles. The van der Waals surface area contributed by atoms with Crippen LogP contribution in [0, 0.1) is 13.8 Å². The van der Waals surface area contributed by atoms with Crippen molar-refractivity contribution in [1.82, 2.24) is 4.90 Å². The van der Waals surface area contributed by atoms with Crippen LogP contribution in [0.15, 0.2) is 46.9 Å². The van der Waals surface area contributed by atoms with E-state index in [0.717, 1.165) is 11.1 Å². The van der Waals surface area contributed by atoms with E-state index in [9.17, 15) is 9.59 Å². The summed E-state index contributed by atoms with van der Waals surface area (Å²) in [6.45, 7) is 5.89. The van der Waals surface area contributed by atoms with Crippen molar-refractivity contribution in [1.29, 1.82) is 0 Å². The van der Waals surface area contributed by atoms with Crippen molar-refractivity contribution >= 4 is 28.5 Å². The van der Waals surface area contributed by atoms with Crippen LogP contribution in [0.1, 0.15) is 32.0 Å². The van der Waals surface area contributed by atoms with Gasteiger partial charge in [0.1, 0.15) is 11.3 Å². The molecule has 6 heteroatoms. The number of morpholine rings is 1. The summed E-state index contributed by atoms with van der Waals surface area (Å²) in [6.07, 6.45) is 0. The SMILES string of the molecule is Cc1cc(C)cc(C(=O)Nc2c(C(=O)N3CCOCC3)oc3ccccc23)c1. The van der Waals surface area contributed by atoms with Crippen LogP contribution >= 0.6 is 0 Å². The standard InChI is InChI=1S/C22H22N2O4/c1-14-11-15(2)13-16(12-14)21(25)23-19-17-5-3-4-6-18(17)28-20(19)22(26)24-7-9-27-10-8-24/h3-6,11-13H,7-10H2,1-2H3,(H,23,25). The number of nitrogens with zero attached hydrogens (tertiary/aromatic N) is 1. The second-order valence-corrected chi connectivity index (χ2v) is 7.04. The van der Waals surface area contributed by atoms with Crippen molar-refractivity contribution in [3.8, 4) is 0 Å². The predicted octanol–water partition coefficient (Wildman–Crippen LogP) is 3.77. The summed E-state index contributed by atoms with van der Waals surface area (Å²) in [6, 6.07) is 13.0. The maximum atomic E-state index is 13.0. The summed E-state index contributed by atoms with van der Waals surface area (Å²) in [7, 11) is 0. The Bertz CT molecular complexity index is 1030. The molecule has 0 atom stereocenters. The smallest absolute Gasteiger partial charge is 0.291 e. The minimum Gasteiger partial charge on any atom is -0.449 e. The van der Waals surface area contributed by atoms with E-state index >= 15 is 0 Å². The van der Waals surface area contributed by atoms with E-state index in [4.69, 9.17) is 9.15 Å². The Morgan fingerprint density at radius 3 is 2.39 bits per heavy atom. The number of rotatable bonds is 3. The molecule has 0 bridgehead atoms. The molecule has 0 unspecified atom stereocenters. The average molecular weight is 378 g/mol. The Morgan fingerprint density at radius 1 is 1.00 bits per heavy atom. The third-order valence-electron chi connectivity index (χ3n) is 4.81. The van der Waals surface area contributed by atoms with Crippen molar-refractivity contribution in [3.05, 3.63) is 64.9 Å². The number of carbonyl (C=O) groups is 2. The molecule has 4 rings (SSSR count). The van der Waals surface area contributed by atoms with Gasteiger partial charge < -0.3 is 19.4 Å². The molecule has 1 fully saturated rings. The number of nitrogens with one attached hydrogen (secondary N) is 1. The molecule has 3 aromatic rings. The lowest BCUT2D eigenvalue weighted by Gasteiger charge is -2.26. The summed E-state index contributed by atoms with van der Waals surface area (Å²) in [5.74, 6) is -0.356. The van der Waals surface area contributed by atoms with E-state index in [1.807, 2.05) is 50.2 Å². The van der Waals surface area contributed by atoms with Gasteiger partial charge in [0.25, 0.3) is 11.8 Å². The molecular weight excluding hydrogens is 356 g/mol. The van der Waals surface area contributed by atoms with Gasteiger partial charge in [0.15, 0.2) is 0 Å². The number of fused-ring (bicyclic) bond motifs is 1. The third-order valence-corrected chi connectivity index (χ3v) is 4.81. The van der Waals surface area contributed by atoms with Crippen LogP contribution in [0.3, 0.4) is 0 Å². The lowest BCUT2D eigenvalue weighted by Crippen LogP contribution is -2.40. The van der Waals surface area contributed by atoms with Gasteiger partial charge in [-0.05, 0) is 38.1 Å². The molecule has 1 N–H and O–H groups in total. The van der Waals surface area contributed by atoms with E-state index in [1.54, 1.807) is 11.0 Å². The highest BCUT2D eigenvalue weighted by Crippen LogP contribution is 2.32. The van der Waals surface area contributed by atoms with Gasteiger partial charge in [-0.25, -0.2) is 0 Å². The molecule has 1 aliphatic rings. The zero-order chi connectivity index (χ0) is 19.7. The molecule has 0 aliphatic carbocycles. The van der Waals surface area contributed by atoms with Gasteiger partial charge in [-0.15, -0.1) is 0 Å². The first-order valence-electron chi connectivity index (χ1n) is 9.31. The van der Waals surface area contributed by atoms with E-state index in [0.29, 0.717) is 48.5 Å². The van der Waals surface area contributed by atoms with Gasteiger partial charge in [0.2, 0.25) is 5.76 Å². The van der Waals surface area contributed by atoms with E-state index < -0.39 is 0 Å². The van der Waals surface area contributed by atoms with Crippen molar-refractivity contribution in [2.24, 2.45) is 0 Å². The quantitative estimate of drug-likeness (QED) is 0.753. The van der Waals surface area contributed by atoms with Crippen LogP contribution in [-0.4, -0.2) is 43.0 Å². The summed E-state index contributed by atoms with van der Waals surface area (Å²) in [4.78, 5) is 27.6. The largest absolute Gasteiger partial charge is 0.449 e. The minimum absolute atomic E-state index is 0.154. The first-order valence-corrected chi connectivity index (χ1v) is 9.31. The maximum absolute atomic E-state index is 13.0. The Balaban J connectivity index is 1.72. The summed E-state index contributed by atoms with van der Waals surface area (Å²) < 4.78 is 11.2. The Morgan fingerprint density at radius 2 is 1.68 bits per heavy atom. The minimum atomic E-state index is -0.269. The first-order chi connectivity index (χ1) is 13.5. The van der Waals surface area contributed by atoms with Crippen molar-refractivity contribution in [3.63, 3.8) is 0 Å². The second kappa shape index (κ2) is 7.48. The molecule has 1 aliphatic heterocycles. The van der Waals surface area contributed by atoms with Gasteiger partial charge in [-0.1, -0.05) is 29.3 Å². The van der Waals surface area contributed by atoms with Gasteiger partial charge >= 0.3 is 0 Å². The average Bonchev–Trinajstić information content (AvgIpc) is 3.06. The zero-order valence-corrected chi connectivity index (χ0v) is 16.0. The third kappa shape index (κ3) is 3.51. The fraction of sp³-hybridized carbons (Fsp3) is 0.273. The van der Waals surface area contributed by atoms with Crippen LogP contribution < -0.4 is 5.32 Å². The van der Waals surface area contributed by atoms with Crippen LogP contribution in [-0.2, 0) is 4.74 Å². The topological polar surface area (TPSA) is 71.8 Å². The number of amides is 2. The summed E-state index contributed by atoms with van der Waals surface area (Å²) in [5.41, 5.74) is 3.54. The molecule has 0 spiro atoms. The summed E-state index contributed by atoms with van der Waals surface area (Å²) in [5, 5.41) is 3.62. The molecule has 2 aromatic carbocycles. The molecule has 0 radical (unpaired) electrons. The van der Waals surface area contributed by atoms with Crippen molar-refractivity contribution < 1.29 is 18.7 Å². The number of ether oxygens (including phenoxy) is 1. The Labute approximate surface area is 163 Å². The van der Waals surface area contributed by atoms with Crippen LogP contribution in [0.5, 0.6) is 0 Å². The predicted molar refractivity (Wildman–Crippen MR) is 107 cm³/mol. The Hall–Kier alpha value is -3.12. The first kappa shape index (κ1) is 18.3. The maximum Gasteiger partial charge on any atom is 0.291 e. The van der Waals surface area contributed by atoms with Crippen molar-refractivity contribution in [2.75, 3.05) is 31.6 Å². The van der Waals surface area contributed by atoms with Crippen molar-refractivity contribution in [2.45, 2.75) is 13.8 Å². The number of furan rings is 1. The number of anilines is 1. The summed E-state index contributed by atoms with van der Waals surface area (Å²) >= 11 is 0. The highest BCUT2D eigenvalue weighted by Gasteiger charge is 2.27. The van der Waals surface area contributed by atoms with Gasteiger partial charge in [-0.2, -0.15) is 0 Å². The van der Waals surface area contributed by atoms with Crippen LogP contribution in [0.2, 0.25) is 0 Å². The lowest BCUT2D eigenvalue weighted by molar-refractivity contribution is 0.0285. The van der Waals surface area contributed by atoms with Gasteiger partial charge in [0.05, 0.1) is 13.2 Å². The van der Waals surface area contributed by atoms with Crippen LogP contribution in [0.4, 0.5) is 5.69 Å². The normalized spacial score (nSPS) is 14.3.